The van der Waals surface area contributed by atoms with Gasteiger partial charge in [-0.2, -0.15) is 0 Å². The van der Waals surface area contributed by atoms with Crippen LogP contribution in [0.15, 0.2) is 53.1 Å². The third kappa shape index (κ3) is 3.72. The first-order valence-electron chi connectivity index (χ1n) is 7.71. The van der Waals surface area contributed by atoms with Gasteiger partial charge in [0.15, 0.2) is 17.8 Å². The van der Waals surface area contributed by atoms with Crippen LogP contribution in [-0.4, -0.2) is 24.3 Å². The number of aromatic nitrogens is 1. The molecule has 0 spiro atoms. The van der Waals surface area contributed by atoms with Crippen LogP contribution in [-0.2, 0) is 6.61 Å². The Morgan fingerprint density at radius 3 is 2.50 bits per heavy atom. The van der Waals surface area contributed by atoms with Crippen molar-refractivity contribution in [3.05, 3.63) is 65.7 Å². The van der Waals surface area contributed by atoms with E-state index in [0.717, 1.165) is 11.3 Å². The molecule has 0 bridgehead atoms. The number of nitrogens with two attached hydrogens (primary N) is 1. The zero-order valence-electron chi connectivity index (χ0n) is 14.0. The highest BCUT2D eigenvalue weighted by Crippen LogP contribution is 2.23. The van der Waals surface area contributed by atoms with Crippen molar-refractivity contribution in [2.75, 3.05) is 7.11 Å². The number of amides is 1. The largest absolute Gasteiger partial charge is 0.495 e. The fourth-order valence-corrected chi connectivity index (χ4v) is 2.38. The summed E-state index contributed by atoms with van der Waals surface area (Å²) in [5.41, 5.74) is 7.38. The van der Waals surface area contributed by atoms with Crippen LogP contribution in [0.5, 0.6) is 11.5 Å². The summed E-state index contributed by atoms with van der Waals surface area (Å²) >= 11 is 0. The van der Waals surface area contributed by atoms with E-state index in [4.69, 9.17) is 19.6 Å². The molecule has 1 amide bonds. The Morgan fingerprint density at radius 1 is 1.19 bits per heavy atom. The van der Waals surface area contributed by atoms with Crippen LogP contribution in [0.3, 0.4) is 0 Å². The Balaban J connectivity index is 1.70. The van der Waals surface area contributed by atoms with Gasteiger partial charge in [0.1, 0.15) is 18.1 Å². The molecule has 2 heterocycles. The maximum Gasteiger partial charge on any atom is 0.284 e. The Bertz CT molecular complexity index is 914. The lowest BCUT2D eigenvalue weighted by Crippen LogP contribution is -2.12. The Hall–Kier alpha value is -3.61. The Kier molecular flexibility index (Phi) is 4.98. The molecule has 0 aliphatic heterocycles. The third-order valence-electron chi connectivity index (χ3n) is 3.68. The smallest absolute Gasteiger partial charge is 0.284 e. The van der Waals surface area contributed by atoms with E-state index in [1.807, 2.05) is 24.3 Å². The van der Waals surface area contributed by atoms with Crippen LogP contribution in [0, 0.1) is 0 Å². The maximum atomic E-state index is 11.4. The summed E-state index contributed by atoms with van der Waals surface area (Å²) in [6.45, 7) is 0.0513. The highest BCUT2D eigenvalue weighted by molar-refractivity contribution is 5.92. The van der Waals surface area contributed by atoms with Crippen molar-refractivity contribution in [2.24, 2.45) is 5.73 Å². The van der Waals surface area contributed by atoms with Crippen molar-refractivity contribution in [2.45, 2.75) is 6.61 Å². The van der Waals surface area contributed by atoms with E-state index in [2.05, 4.69) is 4.98 Å². The second-order valence-electron chi connectivity index (χ2n) is 5.38. The van der Waals surface area contributed by atoms with Crippen LogP contribution < -0.4 is 15.2 Å². The lowest BCUT2D eigenvalue weighted by molar-refractivity contribution is 0.0967. The zero-order chi connectivity index (χ0) is 18.5. The van der Waals surface area contributed by atoms with Crippen LogP contribution >= 0.6 is 0 Å². The molecule has 2 aromatic heterocycles. The minimum absolute atomic E-state index is 0.0262. The summed E-state index contributed by atoms with van der Waals surface area (Å²) < 4.78 is 15.8. The van der Waals surface area contributed by atoms with Gasteiger partial charge in [-0.15, -0.1) is 0 Å². The quantitative estimate of drug-likeness (QED) is 0.656. The third-order valence-corrected chi connectivity index (χ3v) is 3.68. The van der Waals surface area contributed by atoms with Crippen LogP contribution in [0.4, 0.5) is 0 Å². The minimum atomic E-state index is -0.752. The molecule has 0 atom stereocenters. The number of methoxy groups -OCH3 is 1. The molecule has 3 rings (SSSR count). The molecule has 3 aromatic rings. The number of rotatable bonds is 7. The topological polar surface area (TPSA) is 105 Å². The average molecular weight is 352 g/mol. The van der Waals surface area contributed by atoms with E-state index in [9.17, 15) is 9.59 Å². The zero-order valence-corrected chi connectivity index (χ0v) is 14.0. The molecule has 132 valence electrons. The van der Waals surface area contributed by atoms with E-state index in [1.165, 1.54) is 6.07 Å². The molecular weight excluding hydrogens is 336 g/mol. The summed E-state index contributed by atoms with van der Waals surface area (Å²) in [6, 6.07) is 12.4. The van der Waals surface area contributed by atoms with E-state index >= 15 is 0 Å². The number of primary amides is 1. The molecule has 0 saturated carbocycles. The summed E-state index contributed by atoms with van der Waals surface area (Å²) in [6.07, 6.45) is 2.15. The highest BCUT2D eigenvalue weighted by Gasteiger charge is 2.16. The number of carbonyl (C=O) groups excluding carboxylic acids is 2. The monoisotopic (exact) mass is 352 g/mol. The fourth-order valence-electron chi connectivity index (χ4n) is 2.38. The number of aldehydes is 1. The van der Waals surface area contributed by atoms with Gasteiger partial charge in [0.05, 0.1) is 19.0 Å². The first-order chi connectivity index (χ1) is 12.6. The summed E-state index contributed by atoms with van der Waals surface area (Å²) in [5, 5.41) is 0. The predicted molar refractivity (Wildman–Crippen MR) is 93.2 cm³/mol. The van der Waals surface area contributed by atoms with E-state index in [-0.39, 0.29) is 18.1 Å². The van der Waals surface area contributed by atoms with Crippen molar-refractivity contribution < 1.29 is 23.5 Å². The van der Waals surface area contributed by atoms with Crippen molar-refractivity contribution in [3.63, 3.8) is 0 Å². The number of nitrogens with zero attached hydrogens (tertiary/aromatic N) is 1. The first kappa shape index (κ1) is 17.2. The number of hydrogen-bond acceptors (Lipinski definition) is 6. The molecule has 0 fully saturated rings. The number of hydrogen-bond donors (Lipinski definition) is 1. The summed E-state index contributed by atoms with van der Waals surface area (Å²) in [5.74, 6) is 0.474. The molecule has 7 nitrogen and oxygen atoms in total. The van der Waals surface area contributed by atoms with Gasteiger partial charge in [-0.3, -0.25) is 14.6 Å². The lowest BCUT2D eigenvalue weighted by Gasteiger charge is -2.07. The van der Waals surface area contributed by atoms with Gasteiger partial charge in [-0.1, -0.05) is 0 Å². The average Bonchev–Trinajstić information content (AvgIpc) is 3.11. The second kappa shape index (κ2) is 7.52. The first-order valence-corrected chi connectivity index (χ1v) is 7.71. The van der Waals surface area contributed by atoms with Gasteiger partial charge in [0, 0.05) is 11.1 Å². The fraction of sp³-hybridized carbons (Fsp3) is 0.105. The van der Waals surface area contributed by atoms with Gasteiger partial charge < -0.3 is 19.6 Å². The number of ether oxygens (including phenoxy) is 2. The molecule has 0 aliphatic rings. The summed E-state index contributed by atoms with van der Waals surface area (Å²) in [7, 11) is 1.59. The van der Waals surface area contributed by atoms with Gasteiger partial charge in [-0.05, 0) is 42.5 Å². The SMILES string of the molecule is COc1ccc(-c2ccc(OCc3cc(C=O)oc3C(N)=O)cc2)nc1. The number of furan rings is 1. The Morgan fingerprint density at radius 2 is 1.92 bits per heavy atom. The van der Waals surface area contributed by atoms with Crippen molar-refractivity contribution in [3.8, 4) is 22.8 Å². The molecule has 0 saturated heterocycles. The van der Waals surface area contributed by atoms with E-state index in [1.54, 1.807) is 25.4 Å². The number of benzene rings is 1. The number of carbonyl (C=O) groups is 2. The highest BCUT2D eigenvalue weighted by atomic mass is 16.5. The standard InChI is InChI=1S/C19H16N2O5/c1-24-15-6-7-17(21-9-15)12-2-4-14(5-3-12)25-11-13-8-16(10-22)26-18(13)19(20)23/h2-10H,11H2,1H3,(H2,20,23). The molecule has 1 aromatic carbocycles. The Labute approximate surface area is 149 Å². The van der Waals surface area contributed by atoms with Crippen molar-refractivity contribution in [1.82, 2.24) is 4.98 Å². The van der Waals surface area contributed by atoms with Crippen LogP contribution in [0.1, 0.15) is 26.7 Å². The van der Waals surface area contributed by atoms with Crippen LogP contribution in [0.25, 0.3) is 11.3 Å². The van der Waals surface area contributed by atoms with Gasteiger partial charge in [-0.25, -0.2) is 0 Å². The van der Waals surface area contributed by atoms with Gasteiger partial charge >= 0.3 is 0 Å². The van der Waals surface area contributed by atoms with Crippen LogP contribution in [0.2, 0.25) is 0 Å². The van der Waals surface area contributed by atoms with Gasteiger partial charge in [0.2, 0.25) is 0 Å². The molecule has 26 heavy (non-hydrogen) atoms. The van der Waals surface area contributed by atoms with Gasteiger partial charge in [0.25, 0.3) is 5.91 Å². The second-order valence-corrected chi connectivity index (χ2v) is 5.38. The normalized spacial score (nSPS) is 10.3. The van der Waals surface area contributed by atoms with E-state index < -0.39 is 5.91 Å². The summed E-state index contributed by atoms with van der Waals surface area (Å²) in [4.78, 5) is 26.5. The molecule has 0 unspecified atom stereocenters. The predicted octanol–water partition coefficient (Wildman–Crippen LogP) is 2.84. The molecule has 7 heteroatoms. The van der Waals surface area contributed by atoms with Crippen molar-refractivity contribution >= 4 is 12.2 Å². The van der Waals surface area contributed by atoms with Crippen molar-refractivity contribution in [1.29, 1.82) is 0 Å². The number of pyridine rings is 1. The molecule has 0 aliphatic carbocycles. The molecular formula is C19H16N2O5. The lowest BCUT2D eigenvalue weighted by atomic mass is 10.1. The molecule has 2 N–H and O–H groups in total. The minimum Gasteiger partial charge on any atom is -0.495 e. The maximum absolute atomic E-state index is 11.4. The van der Waals surface area contributed by atoms with E-state index in [0.29, 0.717) is 23.3 Å². The molecule has 0 radical (unpaired) electrons.